The number of ether oxygens (including phenoxy) is 2. The Morgan fingerprint density at radius 1 is 1.03 bits per heavy atom. The molecule has 1 amide bonds. The molecule has 0 radical (unpaired) electrons. The number of aliphatic hydroxyl groups is 2. The highest BCUT2D eigenvalue weighted by molar-refractivity contribution is 5.70. The van der Waals surface area contributed by atoms with Crippen molar-refractivity contribution in [2.24, 2.45) is 0 Å². The molecule has 0 aliphatic rings. The van der Waals surface area contributed by atoms with Gasteiger partial charge in [0.1, 0.15) is 24.1 Å². The van der Waals surface area contributed by atoms with Crippen LogP contribution in [0.25, 0.3) is 12.2 Å². The lowest BCUT2D eigenvalue weighted by atomic mass is 10.1. The summed E-state index contributed by atoms with van der Waals surface area (Å²) in [4.78, 5) is 11.7. The predicted molar refractivity (Wildman–Crippen MR) is 113 cm³/mol. The van der Waals surface area contributed by atoms with Gasteiger partial charge in [-0.2, -0.15) is 0 Å². The summed E-state index contributed by atoms with van der Waals surface area (Å²) in [7, 11) is 0. The smallest absolute Gasteiger partial charge is 0.407 e. The lowest BCUT2D eigenvalue weighted by Crippen LogP contribution is -2.32. The zero-order chi connectivity index (χ0) is 21.3. The van der Waals surface area contributed by atoms with Crippen molar-refractivity contribution >= 4 is 18.2 Å². The number of rotatable bonds is 8. The van der Waals surface area contributed by atoms with Gasteiger partial charge in [-0.3, -0.25) is 0 Å². The highest BCUT2D eigenvalue weighted by Gasteiger charge is 2.15. The molecule has 0 aliphatic carbocycles. The standard InChI is InChI=1S/C23H29NO5/c1-23(2,3)29-22(27)24-14-19-8-6-17(7-9-19)4-5-18-10-12-21(13-11-18)28-16-20(26)15-25/h4-13,20,25-26H,14-16H2,1-3H3,(H,24,27)/b5-4+. The molecule has 0 fully saturated rings. The van der Waals surface area contributed by atoms with Crippen LogP contribution in [0.2, 0.25) is 0 Å². The van der Waals surface area contributed by atoms with Crippen LogP contribution in [-0.4, -0.2) is 41.2 Å². The van der Waals surface area contributed by atoms with Crippen LogP contribution in [0.5, 0.6) is 5.75 Å². The van der Waals surface area contributed by atoms with E-state index in [-0.39, 0.29) is 13.2 Å². The Bertz CT molecular complexity index is 792. The van der Waals surface area contributed by atoms with E-state index in [0.717, 1.165) is 16.7 Å². The van der Waals surface area contributed by atoms with E-state index in [1.165, 1.54) is 0 Å². The molecule has 2 aromatic rings. The van der Waals surface area contributed by atoms with Crippen LogP contribution in [0.4, 0.5) is 4.79 Å². The second-order valence-electron chi connectivity index (χ2n) is 7.65. The lowest BCUT2D eigenvalue weighted by Gasteiger charge is -2.19. The third-order valence-corrected chi connectivity index (χ3v) is 3.82. The van der Waals surface area contributed by atoms with Gasteiger partial charge in [0.15, 0.2) is 0 Å². The molecule has 3 N–H and O–H groups in total. The normalized spacial score (nSPS) is 12.6. The molecule has 0 saturated heterocycles. The van der Waals surface area contributed by atoms with E-state index in [1.807, 2.05) is 81.5 Å². The molecule has 6 nitrogen and oxygen atoms in total. The maximum absolute atomic E-state index is 11.7. The predicted octanol–water partition coefficient (Wildman–Crippen LogP) is 3.61. The topological polar surface area (TPSA) is 88.0 Å². The van der Waals surface area contributed by atoms with Crippen molar-refractivity contribution in [3.05, 3.63) is 65.2 Å². The van der Waals surface area contributed by atoms with Crippen molar-refractivity contribution in [3.63, 3.8) is 0 Å². The first kappa shape index (κ1) is 22.5. The number of alkyl carbamates (subject to hydrolysis) is 1. The number of hydrogen-bond acceptors (Lipinski definition) is 5. The summed E-state index contributed by atoms with van der Waals surface area (Å²) in [5.74, 6) is 0.636. The van der Waals surface area contributed by atoms with E-state index >= 15 is 0 Å². The Labute approximate surface area is 171 Å². The molecule has 1 unspecified atom stereocenters. The summed E-state index contributed by atoms with van der Waals surface area (Å²) < 4.78 is 10.6. The summed E-state index contributed by atoms with van der Waals surface area (Å²) in [5.41, 5.74) is 2.52. The Kier molecular flexibility index (Phi) is 8.24. The fourth-order valence-corrected chi connectivity index (χ4v) is 2.35. The minimum Gasteiger partial charge on any atom is -0.491 e. The fraction of sp³-hybridized carbons (Fsp3) is 0.348. The first-order valence-corrected chi connectivity index (χ1v) is 9.51. The summed E-state index contributed by atoms with van der Waals surface area (Å²) >= 11 is 0. The van der Waals surface area contributed by atoms with Crippen molar-refractivity contribution in [3.8, 4) is 5.75 Å². The first-order valence-electron chi connectivity index (χ1n) is 9.51. The summed E-state index contributed by atoms with van der Waals surface area (Å²) in [6.45, 7) is 5.63. The Morgan fingerprint density at radius 3 is 2.10 bits per heavy atom. The average molecular weight is 399 g/mol. The van der Waals surface area contributed by atoms with Crippen molar-refractivity contribution in [1.82, 2.24) is 5.32 Å². The molecule has 0 saturated carbocycles. The molecule has 2 aromatic carbocycles. The van der Waals surface area contributed by atoms with Gasteiger partial charge in [0.2, 0.25) is 0 Å². The van der Waals surface area contributed by atoms with Gasteiger partial charge in [-0.05, 0) is 49.6 Å². The number of benzene rings is 2. The molecule has 0 heterocycles. The second-order valence-corrected chi connectivity index (χ2v) is 7.65. The molecule has 0 aromatic heterocycles. The largest absolute Gasteiger partial charge is 0.491 e. The van der Waals surface area contributed by atoms with E-state index in [2.05, 4.69) is 5.32 Å². The minimum absolute atomic E-state index is 0.0564. The van der Waals surface area contributed by atoms with Crippen LogP contribution in [0.1, 0.15) is 37.5 Å². The zero-order valence-electron chi connectivity index (χ0n) is 17.1. The van der Waals surface area contributed by atoms with E-state index in [4.69, 9.17) is 14.6 Å². The van der Waals surface area contributed by atoms with E-state index < -0.39 is 17.8 Å². The Balaban J connectivity index is 1.84. The summed E-state index contributed by atoms with van der Waals surface area (Å²) in [5, 5.41) is 20.8. The lowest BCUT2D eigenvalue weighted by molar-refractivity contribution is 0.0523. The fourth-order valence-electron chi connectivity index (χ4n) is 2.35. The van der Waals surface area contributed by atoms with Gasteiger partial charge >= 0.3 is 6.09 Å². The van der Waals surface area contributed by atoms with Crippen LogP contribution in [0.15, 0.2) is 48.5 Å². The number of amides is 1. The van der Waals surface area contributed by atoms with Gasteiger partial charge in [-0.1, -0.05) is 48.6 Å². The molecule has 29 heavy (non-hydrogen) atoms. The van der Waals surface area contributed by atoms with Crippen LogP contribution in [0, 0.1) is 0 Å². The molecule has 156 valence electrons. The van der Waals surface area contributed by atoms with Gasteiger partial charge in [-0.15, -0.1) is 0 Å². The summed E-state index contributed by atoms with van der Waals surface area (Å²) in [6, 6.07) is 15.3. The van der Waals surface area contributed by atoms with Gasteiger partial charge in [0, 0.05) is 6.54 Å². The number of carbonyl (C=O) groups is 1. The molecule has 0 bridgehead atoms. The molecular formula is C23H29NO5. The van der Waals surface area contributed by atoms with Gasteiger partial charge in [-0.25, -0.2) is 4.79 Å². The Morgan fingerprint density at radius 2 is 1.59 bits per heavy atom. The quantitative estimate of drug-likeness (QED) is 0.590. The first-order chi connectivity index (χ1) is 13.7. The van der Waals surface area contributed by atoms with Crippen LogP contribution in [-0.2, 0) is 11.3 Å². The van der Waals surface area contributed by atoms with Crippen molar-refractivity contribution in [2.45, 2.75) is 39.0 Å². The van der Waals surface area contributed by atoms with Crippen LogP contribution in [0.3, 0.4) is 0 Å². The highest BCUT2D eigenvalue weighted by atomic mass is 16.6. The molecule has 6 heteroatoms. The van der Waals surface area contributed by atoms with Gasteiger partial charge in [0.05, 0.1) is 6.61 Å². The SMILES string of the molecule is CC(C)(C)OC(=O)NCc1ccc(/C=C/c2ccc(OCC(O)CO)cc2)cc1. The van der Waals surface area contributed by atoms with Gasteiger partial charge in [0.25, 0.3) is 0 Å². The van der Waals surface area contributed by atoms with Crippen molar-refractivity contribution < 1.29 is 24.5 Å². The maximum Gasteiger partial charge on any atom is 0.407 e. The molecule has 1 atom stereocenters. The van der Waals surface area contributed by atoms with Crippen molar-refractivity contribution in [1.29, 1.82) is 0 Å². The minimum atomic E-state index is -0.878. The van der Waals surface area contributed by atoms with E-state index in [0.29, 0.717) is 12.3 Å². The number of carbonyl (C=O) groups excluding carboxylic acids is 1. The highest BCUT2D eigenvalue weighted by Crippen LogP contribution is 2.15. The molecule has 0 aliphatic heterocycles. The summed E-state index contributed by atoms with van der Waals surface area (Å²) in [6.07, 6.45) is 2.67. The zero-order valence-corrected chi connectivity index (χ0v) is 17.1. The molecular weight excluding hydrogens is 370 g/mol. The van der Waals surface area contributed by atoms with E-state index in [9.17, 15) is 9.90 Å². The van der Waals surface area contributed by atoms with Crippen LogP contribution < -0.4 is 10.1 Å². The second kappa shape index (κ2) is 10.6. The Hall–Kier alpha value is -2.83. The van der Waals surface area contributed by atoms with Crippen LogP contribution >= 0.6 is 0 Å². The monoisotopic (exact) mass is 399 g/mol. The average Bonchev–Trinajstić information content (AvgIpc) is 2.69. The number of nitrogens with one attached hydrogen (secondary N) is 1. The van der Waals surface area contributed by atoms with Crippen molar-refractivity contribution in [2.75, 3.05) is 13.2 Å². The third-order valence-electron chi connectivity index (χ3n) is 3.82. The molecule has 2 rings (SSSR count). The third kappa shape index (κ3) is 8.81. The maximum atomic E-state index is 11.7. The van der Waals surface area contributed by atoms with Gasteiger partial charge < -0.3 is 25.0 Å². The number of aliphatic hydroxyl groups excluding tert-OH is 2. The number of hydrogen-bond donors (Lipinski definition) is 3. The van der Waals surface area contributed by atoms with E-state index in [1.54, 1.807) is 0 Å². The molecule has 0 spiro atoms.